The molecule has 120 valence electrons. The van der Waals surface area contributed by atoms with E-state index in [9.17, 15) is 9.59 Å². The molecule has 5 heteroatoms. The minimum atomic E-state index is -0.143. The van der Waals surface area contributed by atoms with Gasteiger partial charge >= 0.3 is 0 Å². The van der Waals surface area contributed by atoms with Crippen LogP contribution in [-0.4, -0.2) is 11.7 Å². The van der Waals surface area contributed by atoms with Gasteiger partial charge in [-0.1, -0.05) is 45.7 Å². The van der Waals surface area contributed by atoms with Crippen LogP contribution < -0.4 is 5.32 Å². The van der Waals surface area contributed by atoms with Crippen LogP contribution in [0.25, 0.3) is 0 Å². The van der Waals surface area contributed by atoms with Crippen molar-refractivity contribution < 1.29 is 9.59 Å². The first-order chi connectivity index (χ1) is 11.0. The summed E-state index contributed by atoms with van der Waals surface area (Å²) in [5.41, 5.74) is 1.57. The van der Waals surface area contributed by atoms with Gasteiger partial charge in [0.2, 0.25) is 5.91 Å². The Balaban J connectivity index is 1.86. The van der Waals surface area contributed by atoms with Crippen LogP contribution in [0.2, 0.25) is 5.02 Å². The molecular weight excluding hydrogens is 378 g/mol. The van der Waals surface area contributed by atoms with Crippen LogP contribution in [0.1, 0.15) is 41.7 Å². The average molecular weight is 395 g/mol. The van der Waals surface area contributed by atoms with E-state index < -0.39 is 0 Å². The number of carbonyl (C=O) groups is 2. The number of rotatable bonds is 6. The third-order valence-electron chi connectivity index (χ3n) is 3.49. The van der Waals surface area contributed by atoms with Gasteiger partial charge in [-0.05, 0) is 42.8 Å². The van der Waals surface area contributed by atoms with E-state index in [4.69, 9.17) is 11.6 Å². The summed E-state index contributed by atoms with van der Waals surface area (Å²) in [5.74, 6) is -0.207. The fourth-order valence-electron chi connectivity index (χ4n) is 2.22. The Morgan fingerprint density at radius 3 is 2.39 bits per heavy atom. The Morgan fingerprint density at radius 1 is 1.09 bits per heavy atom. The van der Waals surface area contributed by atoms with Crippen molar-refractivity contribution in [1.29, 1.82) is 0 Å². The molecule has 2 aromatic carbocycles. The average Bonchev–Trinajstić information content (AvgIpc) is 2.53. The van der Waals surface area contributed by atoms with Crippen LogP contribution >= 0.6 is 27.5 Å². The van der Waals surface area contributed by atoms with E-state index >= 15 is 0 Å². The summed E-state index contributed by atoms with van der Waals surface area (Å²) in [5, 5.41) is 3.50. The van der Waals surface area contributed by atoms with Gasteiger partial charge in [-0.3, -0.25) is 9.59 Å². The highest BCUT2D eigenvalue weighted by atomic mass is 79.9. The molecule has 0 bridgehead atoms. The number of nitrogens with one attached hydrogen (secondary N) is 1. The summed E-state index contributed by atoms with van der Waals surface area (Å²) >= 11 is 9.26. The summed E-state index contributed by atoms with van der Waals surface area (Å²) in [6, 6.07) is 14.3. The minimum absolute atomic E-state index is 0.0645. The highest BCUT2D eigenvalue weighted by Crippen LogP contribution is 2.22. The summed E-state index contributed by atoms with van der Waals surface area (Å²) in [4.78, 5) is 24.1. The summed E-state index contributed by atoms with van der Waals surface area (Å²) < 4.78 is 0.949. The van der Waals surface area contributed by atoms with Crippen molar-refractivity contribution in [3.05, 3.63) is 69.2 Å². The van der Waals surface area contributed by atoms with Gasteiger partial charge in [0.1, 0.15) is 0 Å². The number of Topliss-reactive ketones (excluding diaryl/α,β-unsaturated/α-hetero) is 1. The van der Waals surface area contributed by atoms with Crippen LogP contribution in [0.15, 0.2) is 53.0 Å². The van der Waals surface area contributed by atoms with Crippen LogP contribution in [0.4, 0.5) is 0 Å². The molecule has 1 N–H and O–H groups in total. The molecule has 0 aliphatic rings. The molecule has 0 aromatic heterocycles. The van der Waals surface area contributed by atoms with Crippen molar-refractivity contribution in [3.63, 3.8) is 0 Å². The third-order valence-corrected chi connectivity index (χ3v) is 4.47. The normalized spacial score (nSPS) is 11.8. The number of halogens is 2. The molecule has 0 saturated heterocycles. The first kappa shape index (κ1) is 17.7. The Hall–Kier alpha value is -1.65. The van der Waals surface area contributed by atoms with Crippen LogP contribution in [0.3, 0.4) is 0 Å². The lowest BCUT2D eigenvalue weighted by molar-refractivity contribution is -0.121. The van der Waals surface area contributed by atoms with Crippen molar-refractivity contribution in [2.75, 3.05) is 0 Å². The van der Waals surface area contributed by atoms with Gasteiger partial charge in [0.05, 0.1) is 6.04 Å². The predicted molar refractivity (Wildman–Crippen MR) is 95.7 cm³/mol. The van der Waals surface area contributed by atoms with Crippen molar-refractivity contribution in [2.45, 2.75) is 25.8 Å². The lowest BCUT2D eigenvalue weighted by Gasteiger charge is -2.15. The summed E-state index contributed by atoms with van der Waals surface area (Å²) in [7, 11) is 0. The minimum Gasteiger partial charge on any atom is -0.350 e. The standard InChI is InChI=1S/C18H17BrClNO2/c1-12(15-4-2-3-5-16(15)19)21-18(23)11-10-17(22)13-6-8-14(20)9-7-13/h2-9,12H,10-11H2,1H3,(H,21,23). The quantitative estimate of drug-likeness (QED) is 0.705. The van der Waals surface area contributed by atoms with Gasteiger partial charge < -0.3 is 5.32 Å². The van der Waals surface area contributed by atoms with E-state index in [0.717, 1.165) is 10.0 Å². The zero-order chi connectivity index (χ0) is 16.8. The Morgan fingerprint density at radius 2 is 1.74 bits per heavy atom. The largest absolute Gasteiger partial charge is 0.350 e. The molecule has 0 heterocycles. The van der Waals surface area contributed by atoms with E-state index in [0.29, 0.717) is 10.6 Å². The van der Waals surface area contributed by atoms with Crippen LogP contribution in [-0.2, 0) is 4.79 Å². The monoisotopic (exact) mass is 393 g/mol. The molecule has 0 spiro atoms. The van der Waals surface area contributed by atoms with Crippen molar-refractivity contribution in [3.8, 4) is 0 Å². The second-order valence-corrected chi connectivity index (χ2v) is 6.53. The van der Waals surface area contributed by atoms with Gasteiger partial charge in [0, 0.05) is 27.9 Å². The maximum atomic E-state index is 12.0. The van der Waals surface area contributed by atoms with E-state index in [2.05, 4.69) is 21.2 Å². The molecule has 1 amide bonds. The molecule has 1 atom stereocenters. The smallest absolute Gasteiger partial charge is 0.220 e. The molecular formula is C18H17BrClNO2. The maximum absolute atomic E-state index is 12.0. The third kappa shape index (κ3) is 5.19. The van der Waals surface area contributed by atoms with Crippen LogP contribution in [0.5, 0.6) is 0 Å². The molecule has 0 aliphatic heterocycles. The fraction of sp³-hybridized carbons (Fsp3) is 0.222. The SMILES string of the molecule is CC(NC(=O)CCC(=O)c1ccc(Cl)cc1)c1ccccc1Br. The number of hydrogen-bond acceptors (Lipinski definition) is 2. The number of amides is 1. The van der Waals surface area contributed by atoms with E-state index in [1.165, 1.54) is 0 Å². The van der Waals surface area contributed by atoms with Crippen molar-refractivity contribution in [1.82, 2.24) is 5.32 Å². The van der Waals surface area contributed by atoms with Gasteiger partial charge in [0.15, 0.2) is 5.78 Å². The molecule has 0 saturated carbocycles. The first-order valence-electron chi connectivity index (χ1n) is 7.30. The van der Waals surface area contributed by atoms with Gasteiger partial charge in [-0.25, -0.2) is 0 Å². The molecule has 3 nitrogen and oxygen atoms in total. The Kier molecular flexibility index (Phi) is 6.37. The topological polar surface area (TPSA) is 46.2 Å². The maximum Gasteiger partial charge on any atom is 0.220 e. The molecule has 0 radical (unpaired) electrons. The first-order valence-corrected chi connectivity index (χ1v) is 8.47. The second kappa shape index (κ2) is 8.27. The lowest BCUT2D eigenvalue weighted by Crippen LogP contribution is -2.27. The van der Waals surface area contributed by atoms with Crippen molar-refractivity contribution >= 4 is 39.2 Å². The Bertz CT molecular complexity index is 700. The number of hydrogen-bond donors (Lipinski definition) is 1. The number of benzene rings is 2. The highest BCUT2D eigenvalue weighted by Gasteiger charge is 2.14. The van der Waals surface area contributed by atoms with E-state index in [1.807, 2.05) is 31.2 Å². The lowest BCUT2D eigenvalue weighted by atomic mass is 10.1. The number of carbonyl (C=O) groups excluding carboxylic acids is 2. The zero-order valence-electron chi connectivity index (χ0n) is 12.7. The highest BCUT2D eigenvalue weighted by molar-refractivity contribution is 9.10. The summed E-state index contributed by atoms with van der Waals surface area (Å²) in [6.07, 6.45) is 0.340. The van der Waals surface area contributed by atoms with Gasteiger partial charge in [-0.15, -0.1) is 0 Å². The molecule has 0 aliphatic carbocycles. The van der Waals surface area contributed by atoms with Gasteiger partial charge in [0.25, 0.3) is 0 Å². The molecule has 2 aromatic rings. The molecule has 23 heavy (non-hydrogen) atoms. The molecule has 0 fully saturated rings. The van der Waals surface area contributed by atoms with Crippen LogP contribution in [0, 0.1) is 0 Å². The number of ketones is 1. The van der Waals surface area contributed by atoms with Gasteiger partial charge in [-0.2, -0.15) is 0 Å². The molecule has 1 unspecified atom stereocenters. The summed E-state index contributed by atoms with van der Waals surface area (Å²) in [6.45, 7) is 1.92. The molecule has 2 rings (SSSR count). The van der Waals surface area contributed by atoms with E-state index in [-0.39, 0.29) is 30.6 Å². The van der Waals surface area contributed by atoms with Crippen molar-refractivity contribution in [2.24, 2.45) is 0 Å². The fourth-order valence-corrected chi connectivity index (χ4v) is 2.98. The second-order valence-electron chi connectivity index (χ2n) is 5.24. The zero-order valence-corrected chi connectivity index (χ0v) is 15.0. The predicted octanol–water partition coefficient (Wildman–Crippen LogP) is 4.94. The Labute approximate surface area is 149 Å². The van der Waals surface area contributed by atoms with E-state index in [1.54, 1.807) is 24.3 Å².